The Morgan fingerprint density at radius 2 is 1.84 bits per heavy atom. The molecule has 0 radical (unpaired) electrons. The molecular weight excluding hydrogens is 880 g/mol. The van der Waals surface area contributed by atoms with Crippen LogP contribution in [0.25, 0.3) is 28.2 Å². The summed E-state index contributed by atoms with van der Waals surface area (Å²) in [7, 11) is -1.22. The number of likely N-dealkylation sites (tertiary alicyclic amines) is 1. The van der Waals surface area contributed by atoms with Gasteiger partial charge in [0.15, 0.2) is 21.3 Å². The molecule has 6 rings (SSSR count). The summed E-state index contributed by atoms with van der Waals surface area (Å²) in [5.41, 5.74) is 5.43. The largest absolute Gasteiger partial charge is 0.476 e. The fourth-order valence-electron chi connectivity index (χ4n) is 7.42. The van der Waals surface area contributed by atoms with Crippen molar-refractivity contribution < 1.29 is 23.4 Å². The average Bonchev–Trinajstić information content (AvgIpc) is 3.92. The van der Waals surface area contributed by atoms with Crippen molar-refractivity contribution in [3.05, 3.63) is 39.5 Å². The van der Waals surface area contributed by atoms with Crippen molar-refractivity contribution in [2.75, 3.05) is 39.8 Å². The SMILES string of the molecule is C=Cc1nn(C2CCCCO2)c2cnc(-c3c(C)nn(C)c3OC[C@H]3CCCN3Cc3c(I)c(OCOCC[Si](C)(C)C)nn3[C@@H](C)CO[Si](C)(C)C(C)(C)C)cc12. The van der Waals surface area contributed by atoms with Crippen LogP contribution in [-0.4, -0.2) is 101 Å². The Kier molecular flexibility index (Phi) is 14.4. The fourth-order valence-corrected chi connectivity index (χ4v) is 9.94. The van der Waals surface area contributed by atoms with E-state index in [1.165, 1.54) is 0 Å². The summed E-state index contributed by atoms with van der Waals surface area (Å²) in [6.45, 7) is 31.2. The van der Waals surface area contributed by atoms with Gasteiger partial charge in [0.25, 0.3) is 0 Å². The second-order valence-electron chi connectivity index (χ2n) is 18.8. The van der Waals surface area contributed by atoms with Gasteiger partial charge >= 0.3 is 0 Å². The Balaban J connectivity index is 1.20. The Bertz CT molecular complexity index is 2030. The molecule has 1 unspecified atom stereocenters. The third-order valence-electron chi connectivity index (χ3n) is 12.0. The molecule has 2 aliphatic heterocycles. The predicted octanol–water partition coefficient (Wildman–Crippen LogP) is 9.60. The van der Waals surface area contributed by atoms with Gasteiger partial charge in [0.05, 0.1) is 56.3 Å². The number of fused-ring (bicyclic) bond motifs is 1. The van der Waals surface area contributed by atoms with E-state index in [9.17, 15) is 0 Å². The molecule has 4 aromatic rings. The zero-order chi connectivity index (χ0) is 42.0. The first-order valence-corrected chi connectivity index (χ1v) is 28.7. The van der Waals surface area contributed by atoms with Crippen LogP contribution in [0, 0.1) is 10.5 Å². The molecule has 16 heteroatoms. The number of ether oxygens (including phenoxy) is 4. The standard InChI is InChI=1S/C42H67IN8O5Si2/c1-13-33-32-23-34(44-24-35(32)51(46-33)37-18-14-15-20-53-37)38-30(3)45-48(7)41(38)54-27-31-17-16-19-49(31)25-36-39(43)40(55-28-52-21-22-57(8,9)10)47-50(36)29(2)26-56-58(11,12)42(4,5)6/h13,23-24,29,31,37H,1,14-22,25-28H2,2-12H3/t29-,31+,37?/m0/s1. The smallest absolute Gasteiger partial charge is 0.248 e. The van der Waals surface area contributed by atoms with Gasteiger partial charge in [0.1, 0.15) is 6.61 Å². The van der Waals surface area contributed by atoms with Gasteiger partial charge in [0.2, 0.25) is 11.8 Å². The summed E-state index contributed by atoms with van der Waals surface area (Å²) >= 11 is 2.41. The van der Waals surface area contributed by atoms with Crippen LogP contribution in [0.5, 0.6) is 11.8 Å². The maximum atomic E-state index is 6.76. The molecule has 2 aliphatic rings. The van der Waals surface area contributed by atoms with E-state index in [0.717, 1.165) is 101 Å². The van der Waals surface area contributed by atoms with Crippen LogP contribution < -0.4 is 9.47 Å². The molecule has 0 saturated carbocycles. The van der Waals surface area contributed by atoms with Crippen molar-refractivity contribution in [1.29, 1.82) is 0 Å². The lowest BCUT2D eigenvalue weighted by Gasteiger charge is -2.37. The molecule has 58 heavy (non-hydrogen) atoms. The number of pyridine rings is 1. The van der Waals surface area contributed by atoms with Gasteiger partial charge in [-0.15, -0.1) is 5.10 Å². The van der Waals surface area contributed by atoms with Crippen molar-refractivity contribution in [3.8, 4) is 23.0 Å². The Hall–Kier alpha value is -2.62. The molecule has 4 aromatic heterocycles. The Morgan fingerprint density at radius 3 is 2.53 bits per heavy atom. The second-order valence-corrected chi connectivity index (χ2v) is 30.3. The molecule has 3 atom stereocenters. The van der Waals surface area contributed by atoms with Crippen LogP contribution in [0.15, 0.2) is 18.8 Å². The van der Waals surface area contributed by atoms with Crippen molar-refractivity contribution in [1.82, 2.24) is 39.2 Å². The minimum absolute atomic E-state index is 0.0221. The molecule has 2 saturated heterocycles. The van der Waals surface area contributed by atoms with Crippen molar-refractivity contribution >= 4 is 56.0 Å². The van der Waals surface area contributed by atoms with Crippen LogP contribution in [0.3, 0.4) is 0 Å². The summed E-state index contributed by atoms with van der Waals surface area (Å²) in [4.78, 5) is 7.48. The van der Waals surface area contributed by atoms with Gasteiger partial charge in [-0.1, -0.05) is 47.0 Å². The third kappa shape index (κ3) is 10.3. The van der Waals surface area contributed by atoms with E-state index in [-0.39, 0.29) is 30.1 Å². The molecule has 0 amide bonds. The molecular formula is C42H67IN8O5Si2. The highest BCUT2D eigenvalue weighted by Crippen LogP contribution is 2.39. The molecule has 0 aromatic carbocycles. The van der Waals surface area contributed by atoms with Crippen molar-refractivity contribution in [3.63, 3.8) is 0 Å². The van der Waals surface area contributed by atoms with Crippen LogP contribution in [0.1, 0.15) is 89.2 Å². The predicted molar refractivity (Wildman–Crippen MR) is 245 cm³/mol. The van der Waals surface area contributed by atoms with E-state index in [1.807, 2.05) is 29.5 Å². The zero-order valence-corrected chi connectivity index (χ0v) is 41.0. The van der Waals surface area contributed by atoms with Crippen LogP contribution in [-0.2, 0) is 27.5 Å². The highest BCUT2D eigenvalue weighted by atomic mass is 127. The fraction of sp³-hybridized carbons (Fsp3) is 0.667. The number of aryl methyl sites for hydroxylation is 2. The van der Waals surface area contributed by atoms with Crippen molar-refractivity contribution in [2.45, 2.75) is 135 Å². The second kappa shape index (κ2) is 18.6. The van der Waals surface area contributed by atoms with Crippen LogP contribution in [0.4, 0.5) is 0 Å². The average molecular weight is 947 g/mol. The van der Waals surface area contributed by atoms with E-state index in [0.29, 0.717) is 31.6 Å². The van der Waals surface area contributed by atoms with Gasteiger partial charge in [-0.25, -0.2) is 9.36 Å². The molecule has 0 aliphatic carbocycles. The molecule has 0 spiro atoms. The topological polar surface area (TPSA) is 116 Å². The van der Waals surface area contributed by atoms with Gasteiger partial charge in [-0.05, 0) is 111 Å². The van der Waals surface area contributed by atoms with E-state index in [1.54, 1.807) is 6.08 Å². The maximum absolute atomic E-state index is 6.76. The Morgan fingerprint density at radius 1 is 1.07 bits per heavy atom. The first-order chi connectivity index (χ1) is 27.4. The van der Waals surface area contributed by atoms with Crippen molar-refractivity contribution in [2.24, 2.45) is 7.05 Å². The van der Waals surface area contributed by atoms with E-state index in [4.69, 9.17) is 43.7 Å². The number of halogens is 1. The summed E-state index contributed by atoms with van der Waals surface area (Å²) in [5, 5.41) is 15.8. The minimum Gasteiger partial charge on any atom is -0.476 e. The normalized spacial score (nSPS) is 19.0. The van der Waals surface area contributed by atoms with Gasteiger partial charge in [0, 0.05) is 46.3 Å². The first kappa shape index (κ1) is 44.9. The lowest BCUT2D eigenvalue weighted by Crippen LogP contribution is -2.42. The van der Waals surface area contributed by atoms with Gasteiger partial charge in [-0.2, -0.15) is 10.2 Å². The molecule has 6 heterocycles. The lowest BCUT2D eigenvalue weighted by molar-refractivity contribution is -0.0367. The zero-order valence-electron chi connectivity index (χ0n) is 36.9. The summed E-state index contributed by atoms with van der Waals surface area (Å²) in [6.07, 6.45) is 8.87. The number of aromatic nitrogens is 7. The van der Waals surface area contributed by atoms with Gasteiger partial charge < -0.3 is 23.4 Å². The molecule has 2 fully saturated rings. The quantitative estimate of drug-likeness (QED) is 0.0414. The highest BCUT2D eigenvalue weighted by molar-refractivity contribution is 14.1. The van der Waals surface area contributed by atoms with E-state index < -0.39 is 16.4 Å². The highest BCUT2D eigenvalue weighted by Gasteiger charge is 2.38. The Labute approximate surface area is 361 Å². The first-order valence-electron chi connectivity index (χ1n) is 21.0. The number of rotatable bonds is 18. The monoisotopic (exact) mass is 946 g/mol. The summed E-state index contributed by atoms with van der Waals surface area (Å²) in [5.74, 6) is 1.32. The summed E-state index contributed by atoms with van der Waals surface area (Å²) < 4.78 is 38.7. The third-order valence-corrected chi connectivity index (χ3v) is 19.3. The summed E-state index contributed by atoms with van der Waals surface area (Å²) in [6, 6.07) is 3.41. The number of nitrogens with zero attached hydrogens (tertiary/aromatic N) is 8. The van der Waals surface area contributed by atoms with Crippen LogP contribution in [0.2, 0.25) is 43.8 Å². The van der Waals surface area contributed by atoms with Crippen LogP contribution >= 0.6 is 22.6 Å². The molecule has 0 bridgehead atoms. The number of hydrogen-bond donors (Lipinski definition) is 0. The molecule has 0 N–H and O–H groups in total. The lowest BCUT2D eigenvalue weighted by atomic mass is 10.1. The maximum Gasteiger partial charge on any atom is 0.248 e. The molecule has 13 nitrogen and oxygen atoms in total. The molecule has 320 valence electrons. The van der Waals surface area contributed by atoms with Gasteiger partial charge in [-0.3, -0.25) is 14.6 Å². The van der Waals surface area contributed by atoms with E-state index >= 15 is 0 Å². The minimum atomic E-state index is -1.96. The number of hydrogen-bond acceptors (Lipinski definition) is 10. The van der Waals surface area contributed by atoms with E-state index in [2.05, 4.69) is 105 Å².